The van der Waals surface area contributed by atoms with Crippen molar-refractivity contribution in [1.82, 2.24) is 5.32 Å². The first-order chi connectivity index (χ1) is 7.63. The lowest BCUT2D eigenvalue weighted by Gasteiger charge is -2.12. The lowest BCUT2D eigenvalue weighted by molar-refractivity contribution is -0.134. The molecule has 1 aromatic rings. The molecule has 0 aliphatic heterocycles. The summed E-state index contributed by atoms with van der Waals surface area (Å²) in [6, 6.07) is 7.64. The number of nitrogens with one attached hydrogen (secondary N) is 1. The van der Waals surface area contributed by atoms with Crippen LogP contribution in [0.3, 0.4) is 0 Å². The van der Waals surface area contributed by atoms with E-state index in [-0.39, 0.29) is 12.0 Å². The number of halogens is 1. The quantitative estimate of drug-likeness (QED) is 0.649. The minimum Gasteiger partial charge on any atom is -0.466 e. The van der Waals surface area contributed by atoms with Crippen molar-refractivity contribution in [3.8, 4) is 0 Å². The van der Waals surface area contributed by atoms with Crippen molar-refractivity contribution in [3.05, 3.63) is 47.1 Å². The highest BCUT2D eigenvalue weighted by Gasteiger charge is 2.02. The van der Waals surface area contributed by atoms with E-state index in [1.807, 2.05) is 31.2 Å². The lowest BCUT2D eigenvalue weighted by atomic mass is 10.1. The van der Waals surface area contributed by atoms with Crippen LogP contribution in [0, 0.1) is 0 Å². The van der Waals surface area contributed by atoms with Gasteiger partial charge in [-0.15, -0.1) is 0 Å². The van der Waals surface area contributed by atoms with E-state index in [0.29, 0.717) is 5.02 Å². The summed E-state index contributed by atoms with van der Waals surface area (Å²) in [5, 5.41) is 3.75. The van der Waals surface area contributed by atoms with Gasteiger partial charge in [-0.2, -0.15) is 0 Å². The molecule has 0 spiro atoms. The minimum atomic E-state index is -0.384. The van der Waals surface area contributed by atoms with Gasteiger partial charge in [0.2, 0.25) is 0 Å². The van der Waals surface area contributed by atoms with E-state index >= 15 is 0 Å². The summed E-state index contributed by atoms with van der Waals surface area (Å²) in [4.78, 5) is 10.8. The van der Waals surface area contributed by atoms with Crippen LogP contribution in [0.4, 0.5) is 0 Å². The van der Waals surface area contributed by atoms with E-state index in [9.17, 15) is 4.79 Å². The average Bonchev–Trinajstić information content (AvgIpc) is 2.28. The molecule has 16 heavy (non-hydrogen) atoms. The van der Waals surface area contributed by atoms with E-state index in [0.717, 1.165) is 5.56 Å². The van der Waals surface area contributed by atoms with Crippen LogP contribution in [0.2, 0.25) is 5.02 Å². The first kappa shape index (κ1) is 12.6. The Balaban J connectivity index is 2.56. The SMILES string of the molecule is COC(=O)/C=C/N[C@@H](C)c1cccc(Cl)c1. The van der Waals surface area contributed by atoms with E-state index in [2.05, 4.69) is 10.1 Å². The summed E-state index contributed by atoms with van der Waals surface area (Å²) in [6.45, 7) is 1.98. The summed E-state index contributed by atoms with van der Waals surface area (Å²) < 4.78 is 4.47. The molecule has 4 heteroatoms. The molecular weight excluding hydrogens is 226 g/mol. The lowest BCUT2D eigenvalue weighted by Crippen LogP contribution is -2.12. The fourth-order valence-electron chi connectivity index (χ4n) is 1.20. The molecule has 1 rings (SSSR count). The van der Waals surface area contributed by atoms with Crippen LogP contribution >= 0.6 is 11.6 Å². The van der Waals surface area contributed by atoms with Crippen molar-refractivity contribution in [2.45, 2.75) is 13.0 Å². The molecular formula is C12H14ClNO2. The zero-order valence-electron chi connectivity index (χ0n) is 9.24. The van der Waals surface area contributed by atoms with Gasteiger partial charge in [0.05, 0.1) is 7.11 Å². The standard InChI is InChI=1S/C12H14ClNO2/c1-9(14-7-6-12(15)16-2)10-4-3-5-11(13)8-10/h3-9,14H,1-2H3/b7-6+/t9-/m0/s1. The van der Waals surface area contributed by atoms with Crippen LogP contribution in [0.5, 0.6) is 0 Å². The Kier molecular flexibility index (Phi) is 4.86. The fraction of sp³-hybridized carbons (Fsp3) is 0.250. The number of rotatable bonds is 4. The Bertz CT molecular complexity index is 390. The van der Waals surface area contributed by atoms with Crippen LogP contribution < -0.4 is 5.32 Å². The second-order valence-electron chi connectivity index (χ2n) is 3.30. The molecule has 0 heterocycles. The maximum Gasteiger partial charge on any atom is 0.331 e. The maximum atomic E-state index is 10.8. The van der Waals surface area contributed by atoms with Crippen molar-refractivity contribution < 1.29 is 9.53 Å². The zero-order chi connectivity index (χ0) is 12.0. The fourth-order valence-corrected chi connectivity index (χ4v) is 1.40. The predicted octanol–water partition coefficient (Wildman–Crippen LogP) is 2.68. The topological polar surface area (TPSA) is 38.3 Å². The first-order valence-corrected chi connectivity index (χ1v) is 5.27. The molecule has 1 N–H and O–H groups in total. The van der Waals surface area contributed by atoms with Crippen LogP contribution in [0.15, 0.2) is 36.5 Å². The van der Waals surface area contributed by atoms with Gasteiger partial charge in [0, 0.05) is 23.3 Å². The molecule has 0 saturated carbocycles. The van der Waals surface area contributed by atoms with Crippen molar-refractivity contribution in [2.24, 2.45) is 0 Å². The molecule has 0 amide bonds. The number of methoxy groups -OCH3 is 1. The Hall–Kier alpha value is -1.48. The number of hydrogen-bond donors (Lipinski definition) is 1. The van der Waals surface area contributed by atoms with Gasteiger partial charge < -0.3 is 10.1 Å². The predicted molar refractivity (Wildman–Crippen MR) is 64.2 cm³/mol. The van der Waals surface area contributed by atoms with Gasteiger partial charge in [-0.25, -0.2) is 4.79 Å². The molecule has 0 aromatic heterocycles. The largest absolute Gasteiger partial charge is 0.466 e. The highest BCUT2D eigenvalue weighted by atomic mass is 35.5. The van der Waals surface area contributed by atoms with E-state index in [1.165, 1.54) is 13.2 Å². The normalized spacial score (nSPS) is 12.4. The molecule has 0 saturated heterocycles. The highest BCUT2D eigenvalue weighted by molar-refractivity contribution is 6.30. The number of ether oxygens (including phenoxy) is 1. The number of hydrogen-bond acceptors (Lipinski definition) is 3. The summed E-state index contributed by atoms with van der Waals surface area (Å²) >= 11 is 5.88. The van der Waals surface area contributed by atoms with E-state index < -0.39 is 0 Å². The van der Waals surface area contributed by atoms with Crippen LogP contribution in [0.25, 0.3) is 0 Å². The molecule has 0 unspecified atom stereocenters. The van der Waals surface area contributed by atoms with Gasteiger partial charge in [-0.1, -0.05) is 23.7 Å². The Labute approximate surface area is 100 Å². The molecule has 0 radical (unpaired) electrons. The third kappa shape index (κ3) is 3.95. The average molecular weight is 240 g/mol. The third-order valence-corrected chi connectivity index (χ3v) is 2.35. The molecule has 1 aromatic carbocycles. The van der Waals surface area contributed by atoms with Gasteiger partial charge in [-0.05, 0) is 24.6 Å². The zero-order valence-corrected chi connectivity index (χ0v) is 9.99. The van der Waals surface area contributed by atoms with Crippen molar-refractivity contribution in [1.29, 1.82) is 0 Å². The molecule has 0 aliphatic rings. The number of benzene rings is 1. The molecule has 0 bridgehead atoms. The van der Waals surface area contributed by atoms with Crippen LogP contribution in [-0.4, -0.2) is 13.1 Å². The van der Waals surface area contributed by atoms with E-state index in [1.54, 1.807) is 6.20 Å². The monoisotopic (exact) mass is 239 g/mol. The minimum absolute atomic E-state index is 0.0830. The van der Waals surface area contributed by atoms with Crippen molar-refractivity contribution in [2.75, 3.05) is 7.11 Å². The van der Waals surface area contributed by atoms with E-state index in [4.69, 9.17) is 11.6 Å². The third-order valence-electron chi connectivity index (χ3n) is 2.12. The molecule has 86 valence electrons. The Morgan fingerprint density at radius 2 is 2.31 bits per heavy atom. The second-order valence-corrected chi connectivity index (χ2v) is 3.74. The highest BCUT2D eigenvalue weighted by Crippen LogP contribution is 2.16. The second kappa shape index (κ2) is 6.18. The smallest absolute Gasteiger partial charge is 0.331 e. The van der Waals surface area contributed by atoms with Crippen LogP contribution in [-0.2, 0) is 9.53 Å². The van der Waals surface area contributed by atoms with Crippen molar-refractivity contribution >= 4 is 17.6 Å². The van der Waals surface area contributed by atoms with Gasteiger partial charge in [-0.3, -0.25) is 0 Å². The van der Waals surface area contributed by atoms with Gasteiger partial charge in [0.1, 0.15) is 0 Å². The van der Waals surface area contributed by atoms with Gasteiger partial charge in [0.25, 0.3) is 0 Å². The number of carbonyl (C=O) groups is 1. The summed E-state index contributed by atoms with van der Waals surface area (Å²) in [5.74, 6) is -0.384. The first-order valence-electron chi connectivity index (χ1n) is 4.89. The van der Waals surface area contributed by atoms with Crippen molar-refractivity contribution in [3.63, 3.8) is 0 Å². The van der Waals surface area contributed by atoms with Gasteiger partial charge >= 0.3 is 5.97 Å². The summed E-state index contributed by atoms with van der Waals surface area (Å²) in [6.07, 6.45) is 2.90. The summed E-state index contributed by atoms with van der Waals surface area (Å²) in [7, 11) is 1.34. The number of carbonyl (C=O) groups excluding carboxylic acids is 1. The molecule has 0 fully saturated rings. The Morgan fingerprint density at radius 3 is 2.94 bits per heavy atom. The molecule has 1 atom stereocenters. The van der Waals surface area contributed by atoms with Gasteiger partial charge in [0.15, 0.2) is 0 Å². The maximum absolute atomic E-state index is 10.8. The summed E-state index contributed by atoms with van der Waals surface area (Å²) in [5.41, 5.74) is 1.06. The molecule has 3 nitrogen and oxygen atoms in total. The van der Waals surface area contributed by atoms with Crippen LogP contribution in [0.1, 0.15) is 18.5 Å². The number of esters is 1. The Morgan fingerprint density at radius 1 is 1.56 bits per heavy atom. The molecule has 0 aliphatic carbocycles.